The van der Waals surface area contributed by atoms with E-state index in [1.807, 2.05) is 29.2 Å². The van der Waals surface area contributed by atoms with E-state index in [-0.39, 0.29) is 11.8 Å². The molecule has 3 aromatic rings. The summed E-state index contributed by atoms with van der Waals surface area (Å²) in [6, 6.07) is 9.64. The molecule has 0 aliphatic carbocycles. The number of aromatic nitrogens is 1. The van der Waals surface area contributed by atoms with Gasteiger partial charge in [-0.3, -0.25) is 9.59 Å². The second kappa shape index (κ2) is 8.75. The Kier molecular flexibility index (Phi) is 5.92. The van der Waals surface area contributed by atoms with Gasteiger partial charge in [-0.25, -0.2) is 4.98 Å². The fourth-order valence-corrected chi connectivity index (χ4v) is 4.93. The molecule has 29 heavy (non-hydrogen) atoms. The van der Waals surface area contributed by atoms with Crippen LogP contribution in [0.2, 0.25) is 0 Å². The smallest absolute Gasteiger partial charge is 0.270 e. The fraction of sp³-hybridized carbons (Fsp3) is 0.286. The molecule has 4 rings (SSSR count). The van der Waals surface area contributed by atoms with Crippen LogP contribution in [0.5, 0.6) is 5.75 Å². The highest BCUT2D eigenvalue weighted by Gasteiger charge is 2.21. The van der Waals surface area contributed by atoms with Crippen molar-refractivity contribution in [1.82, 2.24) is 15.2 Å². The van der Waals surface area contributed by atoms with E-state index in [1.165, 1.54) is 21.8 Å². The summed E-state index contributed by atoms with van der Waals surface area (Å²) in [6.45, 7) is 1.72. The number of hydrogen-bond donors (Lipinski definition) is 1. The molecular formula is C21H21N3O3S2. The number of thiazole rings is 1. The van der Waals surface area contributed by atoms with Crippen LogP contribution in [0, 0.1) is 0 Å². The third-order valence-electron chi connectivity index (χ3n) is 4.86. The van der Waals surface area contributed by atoms with Gasteiger partial charge in [0, 0.05) is 41.9 Å². The van der Waals surface area contributed by atoms with Crippen molar-refractivity contribution in [1.29, 1.82) is 0 Å². The lowest BCUT2D eigenvalue weighted by molar-refractivity contribution is -0.131. The molecule has 6 nitrogen and oxygen atoms in total. The largest absolute Gasteiger partial charge is 0.497 e. The summed E-state index contributed by atoms with van der Waals surface area (Å²) in [6.07, 6.45) is 1.21. The van der Waals surface area contributed by atoms with E-state index in [4.69, 9.17) is 4.74 Å². The Morgan fingerprint density at radius 1 is 1.21 bits per heavy atom. The van der Waals surface area contributed by atoms with Gasteiger partial charge < -0.3 is 15.0 Å². The summed E-state index contributed by atoms with van der Waals surface area (Å²) in [5.41, 5.74) is 2.55. The minimum atomic E-state index is -0.257. The Morgan fingerprint density at radius 2 is 2.03 bits per heavy atom. The Morgan fingerprint density at radius 3 is 2.83 bits per heavy atom. The maximum atomic E-state index is 12.4. The standard InChI is InChI=1S/C21H21N3O3S2/c1-27-16-4-2-14(3-5-16)21-23-17(13-29-21)20(26)22-9-6-19(25)24-10-7-18-15(12-24)8-11-28-18/h2-5,8,11,13H,6-7,9-10,12H2,1H3,(H,22,26). The van der Waals surface area contributed by atoms with Gasteiger partial charge >= 0.3 is 0 Å². The highest BCUT2D eigenvalue weighted by molar-refractivity contribution is 7.13. The van der Waals surface area contributed by atoms with E-state index in [1.54, 1.807) is 23.8 Å². The molecule has 0 atom stereocenters. The van der Waals surface area contributed by atoms with Gasteiger partial charge in [0.1, 0.15) is 16.5 Å². The lowest BCUT2D eigenvalue weighted by Gasteiger charge is -2.27. The highest BCUT2D eigenvalue weighted by Crippen LogP contribution is 2.26. The van der Waals surface area contributed by atoms with Gasteiger partial charge in [-0.1, -0.05) is 0 Å². The van der Waals surface area contributed by atoms with E-state index < -0.39 is 0 Å². The van der Waals surface area contributed by atoms with Crippen LogP contribution in [0.4, 0.5) is 0 Å². The SMILES string of the molecule is COc1ccc(-c2nc(C(=O)NCCC(=O)N3CCc4sccc4C3)cs2)cc1. The Hall–Kier alpha value is -2.71. The molecule has 0 radical (unpaired) electrons. The lowest BCUT2D eigenvalue weighted by atomic mass is 10.1. The molecule has 0 saturated carbocycles. The number of methoxy groups -OCH3 is 1. The normalized spacial score (nSPS) is 13.1. The first kappa shape index (κ1) is 19.6. The molecule has 1 aliphatic rings. The van der Waals surface area contributed by atoms with E-state index in [0.717, 1.165) is 29.3 Å². The van der Waals surface area contributed by atoms with Crippen LogP contribution in [-0.2, 0) is 17.8 Å². The average Bonchev–Trinajstić information content (AvgIpc) is 3.42. The minimum absolute atomic E-state index is 0.0688. The molecule has 2 amide bonds. The van der Waals surface area contributed by atoms with Crippen molar-refractivity contribution in [2.75, 3.05) is 20.2 Å². The van der Waals surface area contributed by atoms with Gasteiger partial charge in [-0.05, 0) is 47.7 Å². The number of hydrogen-bond acceptors (Lipinski definition) is 6. The first-order chi connectivity index (χ1) is 14.1. The summed E-state index contributed by atoms with van der Waals surface area (Å²) in [4.78, 5) is 32.5. The molecule has 0 saturated heterocycles. The second-order valence-corrected chi connectivity index (χ2v) is 8.57. The number of ether oxygens (including phenoxy) is 1. The van der Waals surface area contributed by atoms with Gasteiger partial charge in [-0.2, -0.15) is 0 Å². The summed E-state index contributed by atoms with van der Waals surface area (Å²) < 4.78 is 5.16. The number of carbonyl (C=O) groups excluding carboxylic acids is 2. The summed E-state index contributed by atoms with van der Waals surface area (Å²) in [5.74, 6) is 0.587. The summed E-state index contributed by atoms with van der Waals surface area (Å²) >= 11 is 3.17. The number of nitrogens with zero attached hydrogens (tertiary/aromatic N) is 2. The zero-order chi connectivity index (χ0) is 20.2. The molecule has 2 aromatic heterocycles. The van der Waals surface area contributed by atoms with Crippen LogP contribution in [0.25, 0.3) is 10.6 Å². The predicted octanol–water partition coefficient (Wildman–Crippen LogP) is 3.59. The van der Waals surface area contributed by atoms with Crippen molar-refractivity contribution >= 4 is 34.5 Å². The first-order valence-electron chi connectivity index (χ1n) is 9.35. The quantitative estimate of drug-likeness (QED) is 0.653. The number of carbonyl (C=O) groups is 2. The molecule has 1 aromatic carbocycles. The van der Waals surface area contributed by atoms with Gasteiger partial charge in [-0.15, -0.1) is 22.7 Å². The fourth-order valence-electron chi connectivity index (χ4n) is 3.24. The molecule has 150 valence electrons. The second-order valence-electron chi connectivity index (χ2n) is 6.71. The average molecular weight is 428 g/mol. The van der Waals surface area contributed by atoms with Crippen LogP contribution < -0.4 is 10.1 Å². The van der Waals surface area contributed by atoms with Crippen LogP contribution in [-0.4, -0.2) is 41.9 Å². The molecule has 1 N–H and O–H groups in total. The minimum Gasteiger partial charge on any atom is -0.497 e. The van der Waals surface area contributed by atoms with E-state index >= 15 is 0 Å². The molecular weight excluding hydrogens is 406 g/mol. The van der Waals surface area contributed by atoms with E-state index in [0.29, 0.717) is 25.2 Å². The maximum absolute atomic E-state index is 12.4. The number of rotatable bonds is 6. The van der Waals surface area contributed by atoms with Gasteiger partial charge in [0.15, 0.2) is 0 Å². The Labute approximate surface area is 177 Å². The van der Waals surface area contributed by atoms with Crippen LogP contribution in [0.1, 0.15) is 27.3 Å². The summed E-state index contributed by atoms with van der Waals surface area (Å²) in [5, 5.41) is 7.39. The van der Waals surface area contributed by atoms with Crippen LogP contribution in [0.3, 0.4) is 0 Å². The molecule has 1 aliphatic heterocycles. The van der Waals surface area contributed by atoms with Crippen LogP contribution in [0.15, 0.2) is 41.1 Å². The lowest BCUT2D eigenvalue weighted by Crippen LogP contribution is -2.37. The van der Waals surface area contributed by atoms with Crippen molar-refractivity contribution in [2.24, 2.45) is 0 Å². The first-order valence-corrected chi connectivity index (χ1v) is 11.1. The summed E-state index contributed by atoms with van der Waals surface area (Å²) in [7, 11) is 1.62. The van der Waals surface area contributed by atoms with Gasteiger partial charge in [0.2, 0.25) is 5.91 Å². The maximum Gasteiger partial charge on any atom is 0.270 e. The third-order valence-corrected chi connectivity index (χ3v) is 6.77. The monoisotopic (exact) mass is 427 g/mol. The topological polar surface area (TPSA) is 71.5 Å². The van der Waals surface area contributed by atoms with E-state index in [9.17, 15) is 9.59 Å². The third kappa shape index (κ3) is 4.49. The van der Waals surface area contributed by atoms with E-state index in [2.05, 4.69) is 21.7 Å². The molecule has 0 bridgehead atoms. The predicted molar refractivity (Wildman–Crippen MR) is 114 cm³/mol. The number of nitrogens with one attached hydrogen (secondary N) is 1. The van der Waals surface area contributed by atoms with Gasteiger partial charge in [0.25, 0.3) is 5.91 Å². The Bertz CT molecular complexity index is 1010. The zero-order valence-corrected chi connectivity index (χ0v) is 17.6. The number of thiophene rings is 1. The van der Waals surface area contributed by atoms with Crippen molar-refractivity contribution in [3.05, 3.63) is 57.2 Å². The zero-order valence-electron chi connectivity index (χ0n) is 16.0. The van der Waals surface area contributed by atoms with Crippen molar-refractivity contribution in [3.63, 3.8) is 0 Å². The molecule has 3 heterocycles. The number of benzene rings is 1. The highest BCUT2D eigenvalue weighted by atomic mass is 32.1. The number of fused-ring (bicyclic) bond motifs is 1. The molecule has 0 unspecified atom stereocenters. The van der Waals surface area contributed by atoms with Crippen LogP contribution >= 0.6 is 22.7 Å². The molecule has 0 fully saturated rings. The molecule has 8 heteroatoms. The van der Waals surface area contributed by atoms with Crippen molar-refractivity contribution in [2.45, 2.75) is 19.4 Å². The van der Waals surface area contributed by atoms with Crippen molar-refractivity contribution in [3.8, 4) is 16.3 Å². The number of amides is 2. The van der Waals surface area contributed by atoms with Crippen molar-refractivity contribution < 1.29 is 14.3 Å². The Balaban J connectivity index is 1.28. The molecule has 0 spiro atoms. The van der Waals surface area contributed by atoms with Gasteiger partial charge in [0.05, 0.1) is 7.11 Å².